The van der Waals surface area contributed by atoms with Gasteiger partial charge < -0.3 is 4.74 Å². The number of hydrogen-bond acceptors (Lipinski definition) is 12. The highest BCUT2D eigenvalue weighted by molar-refractivity contribution is 5.34. The molecule has 0 unspecified atom stereocenters. The lowest BCUT2D eigenvalue weighted by atomic mass is 9.76. The number of hydrogen-bond donors (Lipinski definition) is 0. The molecule has 0 amide bonds. The summed E-state index contributed by atoms with van der Waals surface area (Å²) in [4.78, 5) is 70.3. The molecule has 0 aromatic rings. The Bertz CT molecular complexity index is 1290. The summed E-state index contributed by atoms with van der Waals surface area (Å²) in [7, 11) is 0. The van der Waals surface area contributed by atoms with E-state index in [9.17, 15) is 24.0 Å². The summed E-state index contributed by atoms with van der Waals surface area (Å²) in [5, 5.41) is 8.51. The Kier molecular flexibility index (Phi) is 21.7. The van der Waals surface area contributed by atoms with Crippen LogP contribution in [0.25, 0.3) is 0 Å². The minimum absolute atomic E-state index is 0.166. The first-order chi connectivity index (χ1) is 27.9. The van der Waals surface area contributed by atoms with Crippen molar-refractivity contribution in [1.29, 1.82) is 5.26 Å². The van der Waals surface area contributed by atoms with Gasteiger partial charge in [-0.3, -0.25) is 0 Å². The second-order valence-electron chi connectivity index (χ2n) is 18.0. The average molecular weight is 787 g/mol. The molecule has 0 aromatic carbocycles. The van der Waals surface area contributed by atoms with E-state index >= 15 is 0 Å². The van der Waals surface area contributed by atoms with Crippen LogP contribution in [0.15, 0.2) is 25.0 Å². The molecule has 0 heterocycles. The summed E-state index contributed by atoms with van der Waals surface area (Å²) in [5.41, 5.74) is 0. The van der Waals surface area contributed by atoms with Crippen LogP contribution in [0, 0.1) is 47.0 Å². The highest BCUT2D eigenvalue weighted by atomic mass is 16.5. The van der Waals surface area contributed by atoms with E-state index in [0.717, 1.165) is 113 Å². The maximum absolute atomic E-state index is 10.2. The molecule has 6 aliphatic carbocycles. The molecule has 12 heteroatoms. The summed E-state index contributed by atoms with van der Waals surface area (Å²) in [5.74, 6) is 4.80. The number of carbonyl (C=O) groups excluding carboxylic acids is 5. The summed E-state index contributed by atoms with van der Waals surface area (Å²) in [6, 6.07) is 1.14. The van der Waals surface area contributed by atoms with Crippen LogP contribution in [-0.2, 0) is 28.7 Å². The molecule has 57 heavy (non-hydrogen) atoms. The lowest BCUT2D eigenvalue weighted by Gasteiger charge is -2.32. The van der Waals surface area contributed by atoms with Gasteiger partial charge in [-0.05, 0) is 209 Å². The Morgan fingerprint density at radius 2 is 0.526 bits per heavy atom. The monoisotopic (exact) mass is 787 g/mol. The smallest absolute Gasteiger partial charge is 0.286 e. The van der Waals surface area contributed by atoms with Gasteiger partial charge in [0.2, 0.25) is 30.4 Å². The number of nitrogens with zero attached hydrogens (tertiary/aromatic N) is 6. The van der Waals surface area contributed by atoms with Crippen molar-refractivity contribution in [2.75, 3.05) is 0 Å². The van der Waals surface area contributed by atoms with Crippen LogP contribution >= 0.6 is 0 Å². The third-order valence-electron chi connectivity index (χ3n) is 14.3. The standard InChI is InChI=1S/3C15H22N2O2/c16-10-19-15-7-3-13(4-8-15)9-12-1-5-14(6-2-12)17-11-18;2*18-10-16-14-5-1-12(2-6-14)9-13-3-7-15(8-4-13)17-11-19/h3*12-15H,1-9H2. The van der Waals surface area contributed by atoms with Crippen molar-refractivity contribution < 1.29 is 28.7 Å². The molecule has 0 aliphatic heterocycles. The van der Waals surface area contributed by atoms with Gasteiger partial charge in [0.25, 0.3) is 6.26 Å². The molecular formula is C45H66N6O6. The van der Waals surface area contributed by atoms with Gasteiger partial charge in [-0.25, -0.2) is 48.9 Å². The number of isocyanates is 5. The Morgan fingerprint density at radius 3 is 0.702 bits per heavy atom. The van der Waals surface area contributed by atoms with E-state index in [1.807, 2.05) is 6.26 Å². The first kappa shape index (κ1) is 45.9. The van der Waals surface area contributed by atoms with E-state index in [4.69, 9.17) is 10.00 Å². The normalized spacial score (nSPS) is 34.9. The van der Waals surface area contributed by atoms with Crippen LogP contribution in [0.3, 0.4) is 0 Å². The first-order valence-corrected chi connectivity index (χ1v) is 22.3. The predicted molar refractivity (Wildman–Crippen MR) is 216 cm³/mol. The minimum Gasteiger partial charge on any atom is -0.424 e. The van der Waals surface area contributed by atoms with Crippen molar-refractivity contribution >= 4 is 30.4 Å². The Morgan fingerprint density at radius 1 is 0.333 bits per heavy atom. The first-order valence-electron chi connectivity index (χ1n) is 22.3. The van der Waals surface area contributed by atoms with Gasteiger partial charge in [0.15, 0.2) is 0 Å². The van der Waals surface area contributed by atoms with E-state index in [-0.39, 0.29) is 36.3 Å². The van der Waals surface area contributed by atoms with Crippen molar-refractivity contribution in [3.63, 3.8) is 0 Å². The largest absolute Gasteiger partial charge is 0.424 e. The third kappa shape index (κ3) is 17.7. The molecule has 0 atom stereocenters. The SMILES string of the molecule is N#COC1CCC(CC2CCC(N=C=O)CC2)CC1.O=C=NC1CCC(CC2CCC(N=C=O)CC2)CC1.O=C=NC1CCC(CC2CCC(N=C=O)CC2)CC1. The van der Waals surface area contributed by atoms with Crippen molar-refractivity contribution in [3.05, 3.63) is 0 Å². The van der Waals surface area contributed by atoms with E-state index < -0.39 is 0 Å². The molecule has 0 spiro atoms. The number of nitriles is 1. The zero-order chi connectivity index (χ0) is 40.5. The third-order valence-corrected chi connectivity index (χ3v) is 14.3. The quantitative estimate of drug-likeness (QED) is 0.107. The van der Waals surface area contributed by atoms with E-state index in [1.54, 1.807) is 30.4 Å². The van der Waals surface area contributed by atoms with Gasteiger partial charge in [0.1, 0.15) is 6.10 Å². The maximum Gasteiger partial charge on any atom is 0.286 e. The van der Waals surface area contributed by atoms with E-state index in [0.29, 0.717) is 0 Å². The lowest BCUT2D eigenvalue weighted by molar-refractivity contribution is 0.0915. The molecule has 0 aromatic heterocycles. The van der Waals surface area contributed by atoms with Gasteiger partial charge in [-0.15, -0.1) is 0 Å². The van der Waals surface area contributed by atoms with E-state index in [1.165, 1.54) is 96.3 Å². The molecule has 12 nitrogen and oxygen atoms in total. The summed E-state index contributed by atoms with van der Waals surface area (Å²) in [6.45, 7) is 0. The predicted octanol–water partition coefficient (Wildman–Crippen LogP) is 9.66. The van der Waals surface area contributed by atoms with E-state index in [2.05, 4.69) is 25.0 Å². The Hall–Kier alpha value is -3.81. The zero-order valence-electron chi connectivity index (χ0n) is 34.2. The fraction of sp³-hybridized carbons (Fsp3) is 0.867. The number of ether oxygens (including phenoxy) is 1. The van der Waals surface area contributed by atoms with Crippen LogP contribution < -0.4 is 0 Å². The van der Waals surface area contributed by atoms with Crippen LogP contribution in [0.4, 0.5) is 0 Å². The van der Waals surface area contributed by atoms with Gasteiger partial charge in [0, 0.05) is 0 Å². The van der Waals surface area contributed by atoms with Crippen molar-refractivity contribution in [2.45, 2.75) is 210 Å². The molecule has 0 saturated heterocycles. The van der Waals surface area contributed by atoms with Crippen LogP contribution in [-0.4, -0.2) is 66.7 Å². The highest BCUT2D eigenvalue weighted by Gasteiger charge is 2.29. The lowest BCUT2D eigenvalue weighted by Crippen LogP contribution is -2.24. The van der Waals surface area contributed by atoms with Crippen LogP contribution in [0.2, 0.25) is 0 Å². The van der Waals surface area contributed by atoms with Crippen LogP contribution in [0.1, 0.15) is 173 Å². The molecule has 6 rings (SSSR count). The molecular weight excluding hydrogens is 721 g/mol. The zero-order valence-corrected chi connectivity index (χ0v) is 34.2. The van der Waals surface area contributed by atoms with Gasteiger partial charge >= 0.3 is 0 Å². The fourth-order valence-electron chi connectivity index (χ4n) is 10.9. The Labute approximate surface area is 340 Å². The molecule has 0 N–H and O–H groups in total. The van der Waals surface area contributed by atoms with Crippen molar-refractivity contribution in [2.24, 2.45) is 60.5 Å². The number of aliphatic imine (C=N–C) groups is 5. The van der Waals surface area contributed by atoms with Gasteiger partial charge in [-0.2, -0.15) is 5.26 Å². The molecule has 6 saturated carbocycles. The minimum atomic E-state index is 0.166. The molecule has 312 valence electrons. The summed E-state index contributed by atoms with van der Waals surface area (Å²) < 4.78 is 5.02. The molecule has 0 radical (unpaired) electrons. The van der Waals surface area contributed by atoms with Gasteiger partial charge in [0.05, 0.1) is 30.2 Å². The fourth-order valence-corrected chi connectivity index (χ4v) is 10.9. The van der Waals surface area contributed by atoms with Crippen molar-refractivity contribution in [3.8, 4) is 6.26 Å². The second-order valence-corrected chi connectivity index (χ2v) is 18.0. The summed E-state index contributed by atoms with van der Waals surface area (Å²) in [6.07, 6.45) is 41.2. The van der Waals surface area contributed by atoms with Crippen molar-refractivity contribution in [1.82, 2.24) is 0 Å². The maximum atomic E-state index is 10.2. The van der Waals surface area contributed by atoms with Gasteiger partial charge in [-0.1, -0.05) is 0 Å². The summed E-state index contributed by atoms with van der Waals surface area (Å²) >= 11 is 0. The molecule has 6 fully saturated rings. The Balaban J connectivity index is 0.000000189. The number of rotatable bonds is 12. The molecule has 6 aliphatic rings. The highest BCUT2D eigenvalue weighted by Crippen LogP contribution is 2.39. The topological polar surface area (TPSA) is 180 Å². The second kappa shape index (κ2) is 27.0. The molecule has 0 bridgehead atoms. The van der Waals surface area contributed by atoms with Crippen LogP contribution in [0.5, 0.6) is 0 Å². The average Bonchev–Trinajstić information content (AvgIpc) is 3.23.